The van der Waals surface area contributed by atoms with Crippen LogP contribution in [0.5, 0.6) is 0 Å². The van der Waals surface area contributed by atoms with Crippen LogP contribution in [0.1, 0.15) is 57.1 Å². The maximum absolute atomic E-state index is 12.5. The van der Waals surface area contributed by atoms with Crippen molar-refractivity contribution >= 4 is 18.0 Å². The van der Waals surface area contributed by atoms with Crippen molar-refractivity contribution in [3.8, 4) is 11.1 Å². The van der Waals surface area contributed by atoms with Gasteiger partial charge in [-0.15, -0.1) is 0 Å². The summed E-state index contributed by atoms with van der Waals surface area (Å²) in [6.07, 6.45) is -0.212. The number of aliphatic carboxylic acids is 1. The standard InChI is InChI=1S/C25H30N2O5/c1-4-16(13-23(29)30)26-22(28)14-25(2,3)27-24(31)32-15-21-19-11-7-5-9-17(19)18-10-6-8-12-20(18)21/h5-12,16,21H,4,13-15H2,1-3H3,(H,26,28)(H,27,31)(H,29,30)/t16-/m0/s1. The molecule has 0 aromatic heterocycles. The van der Waals surface area contributed by atoms with Gasteiger partial charge < -0.3 is 20.5 Å². The number of nitrogens with one attached hydrogen (secondary N) is 2. The molecular weight excluding hydrogens is 408 g/mol. The van der Waals surface area contributed by atoms with E-state index in [-0.39, 0.29) is 31.3 Å². The molecule has 7 nitrogen and oxygen atoms in total. The first-order valence-electron chi connectivity index (χ1n) is 10.8. The predicted molar refractivity (Wildman–Crippen MR) is 121 cm³/mol. The van der Waals surface area contributed by atoms with Gasteiger partial charge >= 0.3 is 12.1 Å². The topological polar surface area (TPSA) is 105 Å². The van der Waals surface area contributed by atoms with Crippen LogP contribution in [0.15, 0.2) is 48.5 Å². The first-order valence-corrected chi connectivity index (χ1v) is 10.8. The van der Waals surface area contributed by atoms with Gasteiger partial charge in [-0.25, -0.2) is 4.79 Å². The van der Waals surface area contributed by atoms with Crippen molar-refractivity contribution in [2.24, 2.45) is 0 Å². The van der Waals surface area contributed by atoms with Gasteiger partial charge in [0.25, 0.3) is 0 Å². The van der Waals surface area contributed by atoms with Gasteiger partial charge in [0.1, 0.15) is 6.61 Å². The van der Waals surface area contributed by atoms with Gasteiger partial charge in [-0.05, 0) is 42.5 Å². The molecule has 0 saturated carbocycles. The van der Waals surface area contributed by atoms with Crippen LogP contribution in [0.3, 0.4) is 0 Å². The molecule has 0 saturated heterocycles. The Morgan fingerprint density at radius 3 is 2.12 bits per heavy atom. The van der Waals surface area contributed by atoms with Gasteiger partial charge in [0.05, 0.1) is 6.42 Å². The average Bonchev–Trinajstić information content (AvgIpc) is 3.04. The Morgan fingerprint density at radius 1 is 1.03 bits per heavy atom. The highest BCUT2D eigenvalue weighted by molar-refractivity contribution is 5.80. The van der Waals surface area contributed by atoms with Crippen LogP contribution >= 0.6 is 0 Å². The Hall–Kier alpha value is -3.35. The van der Waals surface area contributed by atoms with Crippen LogP contribution in [0.25, 0.3) is 11.1 Å². The minimum atomic E-state index is -0.965. The number of carbonyl (C=O) groups is 3. The maximum atomic E-state index is 12.5. The van der Waals surface area contributed by atoms with E-state index in [2.05, 4.69) is 34.9 Å². The molecule has 0 radical (unpaired) electrons. The molecule has 1 atom stereocenters. The van der Waals surface area contributed by atoms with E-state index in [0.717, 1.165) is 22.3 Å². The molecular formula is C25H30N2O5. The van der Waals surface area contributed by atoms with E-state index in [4.69, 9.17) is 9.84 Å². The lowest BCUT2D eigenvalue weighted by Gasteiger charge is -2.27. The number of carbonyl (C=O) groups excluding carboxylic acids is 2. The minimum Gasteiger partial charge on any atom is -0.481 e. The Morgan fingerprint density at radius 2 is 1.59 bits per heavy atom. The van der Waals surface area contributed by atoms with Crippen molar-refractivity contribution < 1.29 is 24.2 Å². The van der Waals surface area contributed by atoms with Gasteiger partial charge in [0, 0.05) is 23.9 Å². The third-order valence-corrected chi connectivity index (χ3v) is 5.67. The largest absolute Gasteiger partial charge is 0.481 e. The Labute approximate surface area is 188 Å². The number of ether oxygens (including phenoxy) is 1. The average molecular weight is 439 g/mol. The molecule has 3 N–H and O–H groups in total. The second-order valence-electron chi connectivity index (χ2n) is 8.78. The summed E-state index contributed by atoms with van der Waals surface area (Å²) in [5.41, 5.74) is 3.71. The highest BCUT2D eigenvalue weighted by Crippen LogP contribution is 2.44. The zero-order chi connectivity index (χ0) is 23.3. The SMILES string of the molecule is CC[C@@H](CC(=O)O)NC(=O)CC(C)(C)NC(=O)OCC1c2ccccc2-c2ccccc21. The zero-order valence-electron chi connectivity index (χ0n) is 18.7. The van der Waals surface area contributed by atoms with Crippen LogP contribution < -0.4 is 10.6 Å². The van der Waals surface area contributed by atoms with E-state index < -0.39 is 23.6 Å². The summed E-state index contributed by atoms with van der Waals surface area (Å²) in [4.78, 5) is 35.7. The number of rotatable bonds is 9. The van der Waals surface area contributed by atoms with Crippen molar-refractivity contribution in [1.82, 2.24) is 10.6 Å². The first kappa shape index (κ1) is 23.3. The summed E-state index contributed by atoms with van der Waals surface area (Å²) in [5, 5.41) is 14.4. The molecule has 0 unspecified atom stereocenters. The second-order valence-corrected chi connectivity index (χ2v) is 8.78. The van der Waals surface area contributed by atoms with Gasteiger partial charge in [-0.2, -0.15) is 0 Å². The molecule has 170 valence electrons. The van der Waals surface area contributed by atoms with E-state index in [1.807, 2.05) is 31.2 Å². The highest BCUT2D eigenvalue weighted by Gasteiger charge is 2.30. The normalized spacial score (nSPS) is 13.6. The lowest BCUT2D eigenvalue weighted by molar-refractivity contribution is -0.137. The highest BCUT2D eigenvalue weighted by atomic mass is 16.5. The number of carboxylic acids is 1. The summed E-state index contributed by atoms with van der Waals surface area (Å²) < 4.78 is 5.55. The van der Waals surface area contributed by atoms with Crippen molar-refractivity contribution in [2.45, 2.75) is 57.5 Å². The number of benzene rings is 2. The van der Waals surface area contributed by atoms with Crippen molar-refractivity contribution in [3.05, 3.63) is 59.7 Å². The molecule has 1 aliphatic carbocycles. The van der Waals surface area contributed by atoms with Crippen molar-refractivity contribution in [3.63, 3.8) is 0 Å². The van der Waals surface area contributed by atoms with Crippen molar-refractivity contribution in [1.29, 1.82) is 0 Å². The van der Waals surface area contributed by atoms with Crippen LogP contribution in [-0.4, -0.2) is 41.3 Å². The van der Waals surface area contributed by atoms with Gasteiger partial charge in [0.15, 0.2) is 0 Å². The number of hydrogen-bond acceptors (Lipinski definition) is 4. The predicted octanol–water partition coefficient (Wildman–Crippen LogP) is 4.06. The lowest BCUT2D eigenvalue weighted by atomic mass is 9.98. The first-order chi connectivity index (χ1) is 15.2. The summed E-state index contributed by atoms with van der Waals surface area (Å²) in [5.74, 6) is -1.32. The van der Waals surface area contributed by atoms with Crippen LogP contribution in [0.4, 0.5) is 4.79 Å². The number of fused-ring (bicyclic) bond motifs is 3. The molecule has 0 bridgehead atoms. The quantitative estimate of drug-likeness (QED) is 0.548. The van der Waals surface area contributed by atoms with Crippen LogP contribution in [0, 0.1) is 0 Å². The fourth-order valence-electron chi connectivity index (χ4n) is 4.14. The molecule has 2 aromatic carbocycles. The van der Waals surface area contributed by atoms with Gasteiger partial charge in [-0.1, -0.05) is 55.5 Å². The van der Waals surface area contributed by atoms with Gasteiger partial charge in [-0.3, -0.25) is 9.59 Å². The van der Waals surface area contributed by atoms with E-state index >= 15 is 0 Å². The van der Waals surface area contributed by atoms with E-state index in [1.54, 1.807) is 13.8 Å². The maximum Gasteiger partial charge on any atom is 0.407 e. The summed E-state index contributed by atoms with van der Waals surface area (Å²) in [6.45, 7) is 5.46. The number of amides is 2. The molecule has 0 heterocycles. The Kier molecular flexibility index (Phi) is 7.18. The molecule has 2 aromatic rings. The molecule has 3 rings (SSSR count). The molecule has 0 fully saturated rings. The molecule has 0 aliphatic heterocycles. The number of carboxylic acid groups (broad SMARTS) is 1. The summed E-state index contributed by atoms with van der Waals surface area (Å²) in [6, 6.07) is 15.8. The fraction of sp³-hybridized carbons (Fsp3) is 0.400. The van der Waals surface area contributed by atoms with Crippen LogP contribution in [-0.2, 0) is 14.3 Å². The monoisotopic (exact) mass is 438 g/mol. The van der Waals surface area contributed by atoms with E-state index in [9.17, 15) is 14.4 Å². The fourth-order valence-corrected chi connectivity index (χ4v) is 4.14. The number of hydrogen-bond donors (Lipinski definition) is 3. The third kappa shape index (κ3) is 5.66. The minimum absolute atomic E-state index is 0.00726. The molecule has 1 aliphatic rings. The summed E-state index contributed by atoms with van der Waals surface area (Å²) in [7, 11) is 0. The molecule has 0 spiro atoms. The van der Waals surface area contributed by atoms with E-state index in [1.165, 1.54) is 0 Å². The molecule has 2 amide bonds. The Bertz CT molecular complexity index is 956. The van der Waals surface area contributed by atoms with Crippen molar-refractivity contribution in [2.75, 3.05) is 6.61 Å². The number of alkyl carbamates (subject to hydrolysis) is 1. The zero-order valence-corrected chi connectivity index (χ0v) is 18.7. The summed E-state index contributed by atoms with van der Waals surface area (Å²) >= 11 is 0. The lowest BCUT2D eigenvalue weighted by Crippen LogP contribution is -2.48. The van der Waals surface area contributed by atoms with Gasteiger partial charge in [0.2, 0.25) is 5.91 Å². The molecule has 7 heteroatoms. The Balaban J connectivity index is 1.56. The molecule has 32 heavy (non-hydrogen) atoms. The second kappa shape index (κ2) is 9.85. The third-order valence-electron chi connectivity index (χ3n) is 5.67. The van der Waals surface area contributed by atoms with Crippen LogP contribution in [0.2, 0.25) is 0 Å². The smallest absolute Gasteiger partial charge is 0.407 e. The van der Waals surface area contributed by atoms with E-state index in [0.29, 0.717) is 6.42 Å².